The van der Waals surface area contributed by atoms with E-state index in [0.29, 0.717) is 29.8 Å². The molecule has 0 unspecified atom stereocenters. The van der Waals surface area contributed by atoms with Gasteiger partial charge in [-0.25, -0.2) is 0 Å². The minimum atomic E-state index is -0.206. The van der Waals surface area contributed by atoms with Crippen LogP contribution >= 0.6 is 0 Å². The molecule has 1 fully saturated rings. The van der Waals surface area contributed by atoms with Crippen LogP contribution in [0.5, 0.6) is 5.75 Å². The minimum Gasteiger partial charge on any atom is -0.508 e. The highest BCUT2D eigenvalue weighted by Crippen LogP contribution is 2.26. The van der Waals surface area contributed by atoms with Crippen LogP contribution in [-0.2, 0) is 0 Å². The van der Waals surface area contributed by atoms with Gasteiger partial charge in [0.1, 0.15) is 5.75 Å². The van der Waals surface area contributed by atoms with Crippen molar-refractivity contribution in [2.75, 3.05) is 13.1 Å². The van der Waals surface area contributed by atoms with Gasteiger partial charge in [0.05, 0.1) is 0 Å². The highest BCUT2D eigenvalue weighted by atomic mass is 16.3. The molecule has 1 amide bonds. The van der Waals surface area contributed by atoms with E-state index in [1.807, 2.05) is 54.6 Å². The van der Waals surface area contributed by atoms with E-state index < -0.39 is 0 Å². The number of piperidine rings is 1. The fourth-order valence-corrected chi connectivity index (χ4v) is 4.09. The maximum absolute atomic E-state index is 13.1. The molecule has 1 aliphatic rings. The Labute approximate surface area is 176 Å². The molecule has 3 aromatic carbocycles. The first-order valence-electron chi connectivity index (χ1n) is 10.3. The molecule has 30 heavy (non-hydrogen) atoms. The maximum Gasteiger partial charge on any atom is 0.254 e. The number of hydrogen-bond donors (Lipinski definition) is 1. The number of aromatic hydroxyl groups is 1. The number of Topliss-reactive ketones (excluding diaryl/α,β-unsaturated/α-hetero) is 1. The third-order valence-electron chi connectivity index (χ3n) is 5.89. The van der Waals surface area contributed by atoms with Crippen LogP contribution in [0.3, 0.4) is 0 Å². The molecule has 1 heterocycles. The van der Waals surface area contributed by atoms with E-state index in [0.717, 1.165) is 24.0 Å². The number of hydrogen-bond acceptors (Lipinski definition) is 3. The molecule has 1 atom stereocenters. The minimum absolute atomic E-state index is 0.0831. The SMILES string of the molecule is Cc1c(O)cccc1C(=O)N1CCC[C@H](C(=O)c2ccc(-c3ccccc3)cc2)C1. The second kappa shape index (κ2) is 8.54. The first-order valence-corrected chi connectivity index (χ1v) is 10.3. The zero-order chi connectivity index (χ0) is 21.1. The highest BCUT2D eigenvalue weighted by molar-refractivity contribution is 6.00. The Morgan fingerprint density at radius 2 is 1.60 bits per heavy atom. The van der Waals surface area contributed by atoms with Crippen molar-refractivity contribution in [3.8, 4) is 16.9 Å². The summed E-state index contributed by atoms with van der Waals surface area (Å²) in [5.74, 6) is -0.132. The number of rotatable bonds is 4. The molecule has 0 radical (unpaired) electrons. The monoisotopic (exact) mass is 399 g/mol. The van der Waals surface area contributed by atoms with E-state index in [1.165, 1.54) is 0 Å². The van der Waals surface area contributed by atoms with E-state index in [2.05, 4.69) is 0 Å². The summed E-state index contributed by atoms with van der Waals surface area (Å²) in [7, 11) is 0. The van der Waals surface area contributed by atoms with Crippen LogP contribution in [0.4, 0.5) is 0 Å². The summed E-state index contributed by atoms with van der Waals surface area (Å²) >= 11 is 0. The Bertz CT molecular complexity index is 1060. The van der Waals surface area contributed by atoms with Gasteiger partial charge >= 0.3 is 0 Å². The predicted octanol–water partition coefficient (Wildman–Crippen LogP) is 5.10. The number of phenolic OH excluding ortho intramolecular Hbond substituents is 1. The molecule has 4 nitrogen and oxygen atoms in total. The van der Waals surface area contributed by atoms with Gasteiger partial charge in [-0.15, -0.1) is 0 Å². The maximum atomic E-state index is 13.1. The molecule has 0 spiro atoms. The van der Waals surface area contributed by atoms with Crippen LogP contribution in [0, 0.1) is 12.8 Å². The lowest BCUT2D eigenvalue weighted by Gasteiger charge is -2.32. The van der Waals surface area contributed by atoms with Crippen molar-refractivity contribution in [3.05, 3.63) is 89.5 Å². The molecule has 0 bridgehead atoms. The molecule has 152 valence electrons. The van der Waals surface area contributed by atoms with Gasteiger partial charge in [-0.2, -0.15) is 0 Å². The quantitative estimate of drug-likeness (QED) is 0.621. The van der Waals surface area contributed by atoms with E-state index in [9.17, 15) is 14.7 Å². The molecule has 1 aliphatic heterocycles. The van der Waals surface area contributed by atoms with Crippen molar-refractivity contribution in [1.29, 1.82) is 0 Å². The molecular formula is C26H25NO3. The number of benzene rings is 3. The largest absolute Gasteiger partial charge is 0.508 e. The summed E-state index contributed by atoms with van der Waals surface area (Å²) in [6, 6.07) is 22.8. The standard InChI is InChI=1S/C26H25NO3/c1-18-23(10-5-11-24(18)28)26(30)27-16-6-9-22(17-27)25(29)21-14-12-20(13-15-21)19-7-3-2-4-8-19/h2-5,7-8,10-15,22,28H,6,9,16-17H2,1H3/t22-/m0/s1. The van der Waals surface area contributed by atoms with Gasteiger partial charge in [0.25, 0.3) is 5.91 Å². The highest BCUT2D eigenvalue weighted by Gasteiger charge is 2.30. The Hall–Kier alpha value is -3.40. The zero-order valence-corrected chi connectivity index (χ0v) is 17.0. The molecule has 1 saturated heterocycles. The lowest BCUT2D eigenvalue weighted by atomic mass is 9.89. The molecule has 1 N–H and O–H groups in total. The van der Waals surface area contributed by atoms with Crippen molar-refractivity contribution >= 4 is 11.7 Å². The fourth-order valence-electron chi connectivity index (χ4n) is 4.09. The summed E-state index contributed by atoms with van der Waals surface area (Å²) in [4.78, 5) is 27.8. The lowest BCUT2D eigenvalue weighted by molar-refractivity contribution is 0.0636. The summed E-state index contributed by atoms with van der Waals surface area (Å²) < 4.78 is 0. The van der Waals surface area contributed by atoms with Gasteiger partial charge in [0, 0.05) is 35.7 Å². The zero-order valence-electron chi connectivity index (χ0n) is 17.0. The third kappa shape index (κ3) is 3.99. The normalized spacial score (nSPS) is 16.3. The van der Waals surface area contributed by atoms with Gasteiger partial charge in [0.2, 0.25) is 0 Å². The number of amides is 1. The number of ketones is 1. The third-order valence-corrected chi connectivity index (χ3v) is 5.89. The van der Waals surface area contributed by atoms with Gasteiger partial charge in [-0.05, 0) is 43.0 Å². The molecular weight excluding hydrogens is 374 g/mol. The molecule has 3 aromatic rings. The number of phenols is 1. The van der Waals surface area contributed by atoms with Crippen molar-refractivity contribution in [2.45, 2.75) is 19.8 Å². The van der Waals surface area contributed by atoms with E-state index in [-0.39, 0.29) is 23.4 Å². The topological polar surface area (TPSA) is 57.6 Å². The second-order valence-corrected chi connectivity index (χ2v) is 7.85. The summed E-state index contributed by atoms with van der Waals surface area (Å²) in [6.07, 6.45) is 1.57. The van der Waals surface area contributed by atoms with E-state index in [4.69, 9.17) is 0 Å². The van der Waals surface area contributed by atoms with Gasteiger partial charge < -0.3 is 10.0 Å². The van der Waals surface area contributed by atoms with Crippen LogP contribution in [-0.4, -0.2) is 34.8 Å². The van der Waals surface area contributed by atoms with Crippen molar-refractivity contribution in [3.63, 3.8) is 0 Å². The second-order valence-electron chi connectivity index (χ2n) is 7.85. The first-order chi connectivity index (χ1) is 14.5. The van der Waals surface area contributed by atoms with Gasteiger partial charge in [-0.3, -0.25) is 9.59 Å². The molecule has 4 heteroatoms. The van der Waals surface area contributed by atoms with Gasteiger partial charge in [0.15, 0.2) is 5.78 Å². The van der Waals surface area contributed by atoms with Crippen LogP contribution in [0.2, 0.25) is 0 Å². The van der Waals surface area contributed by atoms with Gasteiger partial charge in [-0.1, -0.05) is 60.7 Å². The average Bonchev–Trinajstić information content (AvgIpc) is 2.81. The Balaban J connectivity index is 1.48. The van der Waals surface area contributed by atoms with E-state index >= 15 is 0 Å². The Morgan fingerprint density at radius 1 is 0.900 bits per heavy atom. The van der Waals surface area contributed by atoms with Crippen LogP contribution < -0.4 is 0 Å². The fraction of sp³-hybridized carbons (Fsp3) is 0.231. The molecule has 0 aromatic heterocycles. The number of likely N-dealkylation sites (tertiary alicyclic amines) is 1. The molecule has 0 aliphatic carbocycles. The first kappa shape index (κ1) is 19.9. The Kier molecular flexibility index (Phi) is 5.66. The average molecular weight is 399 g/mol. The lowest BCUT2D eigenvalue weighted by Crippen LogP contribution is -2.42. The summed E-state index contributed by atoms with van der Waals surface area (Å²) in [5, 5.41) is 9.92. The summed E-state index contributed by atoms with van der Waals surface area (Å²) in [6.45, 7) is 2.78. The van der Waals surface area contributed by atoms with Crippen LogP contribution in [0.1, 0.15) is 39.1 Å². The van der Waals surface area contributed by atoms with Crippen molar-refractivity contribution < 1.29 is 14.7 Å². The predicted molar refractivity (Wildman–Crippen MR) is 118 cm³/mol. The summed E-state index contributed by atoms with van der Waals surface area (Å²) in [5.41, 5.74) is 3.95. The number of carbonyl (C=O) groups excluding carboxylic acids is 2. The van der Waals surface area contributed by atoms with Crippen LogP contribution in [0.25, 0.3) is 11.1 Å². The van der Waals surface area contributed by atoms with Crippen molar-refractivity contribution in [2.24, 2.45) is 5.92 Å². The number of carbonyl (C=O) groups is 2. The van der Waals surface area contributed by atoms with E-state index in [1.54, 1.807) is 30.0 Å². The number of nitrogens with zero attached hydrogens (tertiary/aromatic N) is 1. The smallest absolute Gasteiger partial charge is 0.254 e. The molecule has 0 saturated carbocycles. The molecule has 4 rings (SSSR count). The Morgan fingerprint density at radius 3 is 2.33 bits per heavy atom. The van der Waals surface area contributed by atoms with Crippen molar-refractivity contribution in [1.82, 2.24) is 4.90 Å². The van der Waals surface area contributed by atoms with Crippen LogP contribution in [0.15, 0.2) is 72.8 Å².